The summed E-state index contributed by atoms with van der Waals surface area (Å²) in [4.78, 5) is 7.25. The van der Waals surface area contributed by atoms with Crippen LogP contribution in [-0.2, 0) is 5.60 Å². The molecule has 0 bridgehead atoms. The van der Waals surface area contributed by atoms with Crippen molar-refractivity contribution in [2.75, 3.05) is 0 Å². The molecule has 1 aromatic carbocycles. The number of nitrogens with zero attached hydrogens (tertiary/aromatic N) is 2. The average molecular weight is 319 g/mol. The van der Waals surface area contributed by atoms with Gasteiger partial charge in [-0.2, -0.15) is 0 Å². The molecule has 0 saturated heterocycles. The molecule has 0 spiro atoms. The summed E-state index contributed by atoms with van der Waals surface area (Å²) >= 11 is 0. The number of halogens is 3. The maximum Gasteiger partial charge on any atom is 0.573 e. The number of hydrogen-bond donors (Lipinski definition) is 1. The molecule has 0 aliphatic carbocycles. The summed E-state index contributed by atoms with van der Waals surface area (Å²) in [5, 5.41) is 11.4. The molecule has 4 nitrogen and oxygen atoms in total. The molecule has 0 saturated carbocycles. The van der Waals surface area contributed by atoms with Crippen molar-refractivity contribution in [2.24, 2.45) is 5.89 Å². The fourth-order valence-corrected chi connectivity index (χ4v) is 1.84. The SMILES string of the molecule is [2H]C([2H])([2H])C([2H])(C([2H])([2H])[2H])C(O)(c1ccc(OC(F)(F)F)cc1)c1cncnc1. The third kappa shape index (κ3) is 3.36. The Morgan fingerprint density at radius 3 is 2.23 bits per heavy atom. The van der Waals surface area contributed by atoms with Crippen molar-refractivity contribution >= 4 is 0 Å². The second kappa shape index (κ2) is 5.92. The van der Waals surface area contributed by atoms with Gasteiger partial charge in [0.2, 0.25) is 0 Å². The van der Waals surface area contributed by atoms with Gasteiger partial charge in [0.25, 0.3) is 0 Å². The van der Waals surface area contributed by atoms with Gasteiger partial charge in [0, 0.05) is 27.6 Å². The van der Waals surface area contributed by atoms with E-state index in [-0.39, 0.29) is 0 Å². The first-order valence-electron chi connectivity index (χ1n) is 9.38. The number of aromatic nitrogens is 2. The second-order valence-electron chi connectivity index (χ2n) is 4.28. The maximum absolute atomic E-state index is 12.4. The largest absolute Gasteiger partial charge is 0.573 e. The summed E-state index contributed by atoms with van der Waals surface area (Å²) in [6.07, 6.45) is -2.12. The van der Waals surface area contributed by atoms with Crippen molar-refractivity contribution in [1.29, 1.82) is 0 Å². The number of benzene rings is 1. The van der Waals surface area contributed by atoms with Gasteiger partial charge in [-0.05, 0) is 23.6 Å². The van der Waals surface area contributed by atoms with Gasteiger partial charge in [0.15, 0.2) is 0 Å². The standard InChI is InChI=1S/C15H15F3N2O2/c1-10(2)14(21,12-7-19-9-20-8-12)11-3-5-13(6-4-11)22-15(16,17)18/h3-10,21H,1-2H3/i1D3,2D3,10D. The number of alkyl halides is 3. The maximum atomic E-state index is 12.4. The normalized spacial score (nSPS) is 21.0. The molecule has 118 valence electrons. The van der Waals surface area contributed by atoms with Crippen LogP contribution in [0.2, 0.25) is 0 Å². The highest BCUT2D eigenvalue weighted by molar-refractivity contribution is 5.37. The number of ether oxygens (including phenoxy) is 1. The zero-order chi connectivity index (χ0) is 22.3. The molecule has 0 amide bonds. The van der Waals surface area contributed by atoms with Gasteiger partial charge in [-0.15, -0.1) is 13.2 Å². The Bertz CT molecular complexity index is 828. The highest BCUT2D eigenvalue weighted by Gasteiger charge is 2.36. The highest BCUT2D eigenvalue weighted by atomic mass is 19.4. The van der Waals surface area contributed by atoms with E-state index in [2.05, 4.69) is 14.7 Å². The Morgan fingerprint density at radius 2 is 1.73 bits per heavy atom. The lowest BCUT2D eigenvalue weighted by molar-refractivity contribution is -0.274. The van der Waals surface area contributed by atoms with E-state index in [1.165, 1.54) is 0 Å². The molecule has 0 radical (unpaired) electrons. The third-order valence-electron chi connectivity index (χ3n) is 2.85. The molecule has 1 N–H and O–H groups in total. The van der Waals surface area contributed by atoms with E-state index in [0.29, 0.717) is 0 Å². The molecule has 22 heavy (non-hydrogen) atoms. The number of rotatable bonds is 4. The van der Waals surface area contributed by atoms with Crippen LogP contribution in [0.3, 0.4) is 0 Å². The molecule has 2 rings (SSSR count). The van der Waals surface area contributed by atoms with E-state index in [9.17, 15) is 18.3 Å². The van der Waals surface area contributed by atoms with Crippen LogP contribution >= 0.6 is 0 Å². The van der Waals surface area contributed by atoms with Gasteiger partial charge in [-0.1, -0.05) is 25.8 Å². The predicted octanol–water partition coefficient (Wildman–Crippen LogP) is 3.27. The van der Waals surface area contributed by atoms with Crippen LogP contribution in [0, 0.1) is 5.89 Å². The smallest absolute Gasteiger partial charge is 0.406 e. The van der Waals surface area contributed by atoms with Gasteiger partial charge in [-0.25, -0.2) is 9.97 Å². The van der Waals surface area contributed by atoms with E-state index in [4.69, 9.17) is 9.60 Å². The Morgan fingerprint density at radius 1 is 1.14 bits per heavy atom. The lowest BCUT2D eigenvalue weighted by atomic mass is 9.79. The molecule has 1 unspecified atom stereocenters. The van der Waals surface area contributed by atoms with Crippen LogP contribution in [0.5, 0.6) is 5.75 Å². The number of aliphatic hydroxyl groups is 1. The highest BCUT2D eigenvalue weighted by Crippen LogP contribution is 2.37. The Hall–Kier alpha value is -2.15. The molecular formula is C15H15F3N2O2. The van der Waals surface area contributed by atoms with Gasteiger partial charge >= 0.3 is 6.36 Å². The molecular weight excluding hydrogens is 297 g/mol. The minimum absolute atomic E-state index is 0.438. The van der Waals surface area contributed by atoms with Crippen molar-refractivity contribution in [2.45, 2.75) is 25.7 Å². The van der Waals surface area contributed by atoms with E-state index in [0.717, 1.165) is 43.0 Å². The van der Waals surface area contributed by atoms with Crippen LogP contribution in [0.1, 0.15) is 34.4 Å². The van der Waals surface area contributed by atoms with Gasteiger partial charge < -0.3 is 9.84 Å². The predicted molar refractivity (Wildman–Crippen MR) is 73.0 cm³/mol. The minimum atomic E-state index is -5.00. The lowest BCUT2D eigenvalue weighted by Gasteiger charge is -2.32. The second-order valence-corrected chi connectivity index (χ2v) is 4.28. The quantitative estimate of drug-likeness (QED) is 0.940. The molecule has 7 heteroatoms. The summed E-state index contributed by atoms with van der Waals surface area (Å²) < 4.78 is 95.3. The van der Waals surface area contributed by atoms with Crippen LogP contribution in [0.4, 0.5) is 13.2 Å². The Balaban J connectivity index is 2.77. The summed E-state index contributed by atoms with van der Waals surface area (Å²) in [5.41, 5.74) is -3.95. The van der Waals surface area contributed by atoms with Crippen LogP contribution in [0.25, 0.3) is 0 Å². The molecule has 1 heterocycles. The summed E-state index contributed by atoms with van der Waals surface area (Å²) in [6.45, 7) is -7.10. The average Bonchev–Trinajstić information content (AvgIpc) is 2.58. The third-order valence-corrected chi connectivity index (χ3v) is 2.85. The van der Waals surface area contributed by atoms with Gasteiger partial charge in [0.1, 0.15) is 17.7 Å². The molecule has 1 aromatic heterocycles. The van der Waals surface area contributed by atoms with E-state index < -0.39 is 48.4 Å². The van der Waals surface area contributed by atoms with Crippen molar-refractivity contribution in [3.05, 3.63) is 54.1 Å². The summed E-state index contributed by atoms with van der Waals surface area (Å²) in [6, 6.07) is 3.21. The Kier molecular flexibility index (Phi) is 2.45. The van der Waals surface area contributed by atoms with E-state index in [1.807, 2.05) is 0 Å². The van der Waals surface area contributed by atoms with E-state index >= 15 is 0 Å². The zero-order valence-electron chi connectivity index (χ0n) is 17.9. The Labute approximate surface area is 135 Å². The monoisotopic (exact) mass is 319 g/mol. The first-order chi connectivity index (χ1) is 13.0. The van der Waals surface area contributed by atoms with Gasteiger partial charge in [-0.3, -0.25) is 0 Å². The van der Waals surface area contributed by atoms with Crippen molar-refractivity contribution in [3.8, 4) is 5.75 Å². The van der Waals surface area contributed by atoms with Crippen molar-refractivity contribution < 1.29 is 32.6 Å². The van der Waals surface area contributed by atoms with Crippen molar-refractivity contribution in [3.63, 3.8) is 0 Å². The lowest BCUT2D eigenvalue weighted by Crippen LogP contribution is -2.33. The summed E-state index contributed by atoms with van der Waals surface area (Å²) in [7, 11) is 0. The van der Waals surface area contributed by atoms with Crippen LogP contribution in [0.15, 0.2) is 43.0 Å². The first kappa shape index (κ1) is 9.09. The summed E-state index contributed by atoms with van der Waals surface area (Å²) in [5.74, 6) is -4.21. The molecule has 2 aromatic rings. The topological polar surface area (TPSA) is 55.2 Å². The molecule has 0 aliphatic heterocycles. The fourth-order valence-electron chi connectivity index (χ4n) is 1.84. The molecule has 1 atom stereocenters. The minimum Gasteiger partial charge on any atom is -0.406 e. The first-order valence-corrected chi connectivity index (χ1v) is 5.88. The van der Waals surface area contributed by atoms with Crippen molar-refractivity contribution in [1.82, 2.24) is 9.97 Å². The van der Waals surface area contributed by atoms with Gasteiger partial charge in [0.05, 0.1) is 0 Å². The van der Waals surface area contributed by atoms with Crippen LogP contribution < -0.4 is 4.74 Å². The molecule has 0 aliphatic rings. The zero-order valence-corrected chi connectivity index (χ0v) is 10.9. The molecule has 0 fully saturated rings. The van der Waals surface area contributed by atoms with Crippen LogP contribution in [-0.4, -0.2) is 21.4 Å². The number of hydrogen-bond acceptors (Lipinski definition) is 4. The fraction of sp³-hybridized carbons (Fsp3) is 0.333. The van der Waals surface area contributed by atoms with E-state index in [1.54, 1.807) is 0 Å².